The standard InChI is InChI=1S/C21H25N7O2S2/c1-12(2)16(23-18(30)13-7-5-4-6-8-13)17-24-27-21(28(17)3)31-11-15(29)22-20-26-25-19(32-20)14-9-10-14/h4-8,12,14,16H,9-11H2,1-3H3,(H,23,30)(H,22,26,29). The number of rotatable bonds is 9. The van der Waals surface area contributed by atoms with Crippen LogP contribution in [0.5, 0.6) is 0 Å². The van der Waals surface area contributed by atoms with Gasteiger partial charge in [-0.1, -0.05) is 55.1 Å². The third kappa shape index (κ3) is 5.33. The van der Waals surface area contributed by atoms with E-state index < -0.39 is 0 Å². The molecule has 1 unspecified atom stereocenters. The number of carbonyl (C=O) groups excluding carboxylic acids is 2. The first-order valence-electron chi connectivity index (χ1n) is 10.4. The second-order valence-electron chi connectivity index (χ2n) is 8.02. The number of anilines is 1. The van der Waals surface area contributed by atoms with Crippen molar-refractivity contribution in [3.8, 4) is 0 Å². The Kier molecular flexibility index (Phi) is 6.85. The molecule has 1 fully saturated rings. The fraction of sp³-hybridized carbons (Fsp3) is 0.429. The summed E-state index contributed by atoms with van der Waals surface area (Å²) in [6, 6.07) is 8.76. The zero-order chi connectivity index (χ0) is 22.7. The highest BCUT2D eigenvalue weighted by Gasteiger charge is 2.28. The molecule has 168 valence electrons. The Bertz CT molecular complexity index is 1090. The quantitative estimate of drug-likeness (QED) is 0.460. The fourth-order valence-corrected chi connectivity index (χ4v) is 4.78. The Morgan fingerprint density at radius 3 is 2.59 bits per heavy atom. The van der Waals surface area contributed by atoms with Gasteiger partial charge in [-0.2, -0.15) is 0 Å². The van der Waals surface area contributed by atoms with E-state index in [0.29, 0.717) is 27.6 Å². The molecule has 2 amide bonds. The Hall–Kier alpha value is -2.79. The number of aromatic nitrogens is 5. The number of hydrogen-bond acceptors (Lipinski definition) is 8. The van der Waals surface area contributed by atoms with Crippen molar-refractivity contribution in [3.63, 3.8) is 0 Å². The van der Waals surface area contributed by atoms with Crippen LogP contribution in [0, 0.1) is 5.92 Å². The van der Waals surface area contributed by atoms with Gasteiger partial charge >= 0.3 is 0 Å². The molecule has 2 aromatic heterocycles. The van der Waals surface area contributed by atoms with Crippen LogP contribution in [0.25, 0.3) is 0 Å². The fourth-order valence-electron chi connectivity index (χ4n) is 3.13. The maximum absolute atomic E-state index is 12.7. The van der Waals surface area contributed by atoms with Crippen LogP contribution in [0.2, 0.25) is 0 Å². The smallest absolute Gasteiger partial charge is 0.251 e. The van der Waals surface area contributed by atoms with Gasteiger partial charge in [-0.25, -0.2) is 0 Å². The molecule has 4 rings (SSSR count). The van der Waals surface area contributed by atoms with Crippen molar-refractivity contribution < 1.29 is 9.59 Å². The van der Waals surface area contributed by atoms with E-state index in [-0.39, 0.29) is 29.5 Å². The van der Waals surface area contributed by atoms with E-state index in [1.165, 1.54) is 23.1 Å². The number of amides is 2. The van der Waals surface area contributed by atoms with Gasteiger partial charge in [-0.3, -0.25) is 14.9 Å². The monoisotopic (exact) mass is 471 g/mol. The van der Waals surface area contributed by atoms with Gasteiger partial charge in [-0.05, 0) is 30.9 Å². The molecule has 2 heterocycles. The minimum absolute atomic E-state index is 0.102. The molecule has 0 radical (unpaired) electrons. The van der Waals surface area contributed by atoms with Crippen molar-refractivity contribution >= 4 is 40.0 Å². The van der Waals surface area contributed by atoms with Crippen LogP contribution in [-0.4, -0.2) is 42.5 Å². The number of thioether (sulfide) groups is 1. The highest BCUT2D eigenvalue weighted by Crippen LogP contribution is 2.42. The first-order chi connectivity index (χ1) is 15.4. The van der Waals surface area contributed by atoms with E-state index in [0.717, 1.165) is 17.8 Å². The maximum atomic E-state index is 12.7. The van der Waals surface area contributed by atoms with Crippen molar-refractivity contribution in [2.45, 2.75) is 43.8 Å². The van der Waals surface area contributed by atoms with Crippen molar-refractivity contribution in [2.24, 2.45) is 13.0 Å². The van der Waals surface area contributed by atoms with E-state index in [9.17, 15) is 9.59 Å². The third-order valence-corrected chi connectivity index (χ3v) is 7.10. The summed E-state index contributed by atoms with van der Waals surface area (Å²) in [5, 5.41) is 24.7. The van der Waals surface area contributed by atoms with Gasteiger partial charge < -0.3 is 9.88 Å². The summed E-state index contributed by atoms with van der Waals surface area (Å²) in [7, 11) is 1.84. The van der Waals surface area contributed by atoms with E-state index >= 15 is 0 Å². The maximum Gasteiger partial charge on any atom is 0.251 e. The number of hydrogen-bond donors (Lipinski definition) is 2. The normalized spacial score (nSPS) is 14.4. The molecule has 1 aliphatic carbocycles. The first-order valence-corrected chi connectivity index (χ1v) is 12.2. The number of carbonyl (C=O) groups is 2. The zero-order valence-electron chi connectivity index (χ0n) is 18.1. The molecule has 2 N–H and O–H groups in total. The summed E-state index contributed by atoms with van der Waals surface area (Å²) in [5.41, 5.74) is 0.591. The topological polar surface area (TPSA) is 115 Å². The molecule has 1 saturated carbocycles. The molecular formula is C21H25N7O2S2. The summed E-state index contributed by atoms with van der Waals surface area (Å²) in [5.74, 6) is 1.10. The molecule has 0 bridgehead atoms. The molecule has 1 aliphatic rings. The average Bonchev–Trinajstić information content (AvgIpc) is 3.43. The van der Waals surface area contributed by atoms with Crippen LogP contribution < -0.4 is 10.6 Å². The minimum Gasteiger partial charge on any atom is -0.342 e. The number of benzene rings is 1. The predicted octanol–water partition coefficient (Wildman–Crippen LogP) is 3.40. The van der Waals surface area contributed by atoms with Gasteiger partial charge in [0.15, 0.2) is 11.0 Å². The highest BCUT2D eigenvalue weighted by atomic mass is 32.2. The van der Waals surface area contributed by atoms with E-state index in [2.05, 4.69) is 31.0 Å². The molecule has 9 nitrogen and oxygen atoms in total. The number of nitrogens with one attached hydrogen (secondary N) is 2. The second-order valence-corrected chi connectivity index (χ2v) is 9.97. The Morgan fingerprint density at radius 1 is 1.16 bits per heavy atom. The van der Waals surface area contributed by atoms with Gasteiger partial charge in [0.05, 0.1) is 11.8 Å². The van der Waals surface area contributed by atoms with Crippen molar-refractivity contribution in [1.82, 2.24) is 30.3 Å². The molecule has 3 aromatic rings. The molecule has 1 atom stereocenters. The van der Waals surface area contributed by atoms with Crippen molar-refractivity contribution in [3.05, 3.63) is 46.7 Å². The predicted molar refractivity (Wildman–Crippen MR) is 124 cm³/mol. The lowest BCUT2D eigenvalue weighted by Crippen LogP contribution is -2.33. The summed E-state index contributed by atoms with van der Waals surface area (Å²) in [6.45, 7) is 4.03. The number of nitrogens with zero attached hydrogens (tertiary/aromatic N) is 5. The summed E-state index contributed by atoms with van der Waals surface area (Å²) < 4.78 is 1.82. The van der Waals surface area contributed by atoms with Crippen LogP contribution in [0.15, 0.2) is 35.5 Å². The van der Waals surface area contributed by atoms with Crippen LogP contribution in [0.3, 0.4) is 0 Å². The van der Waals surface area contributed by atoms with Crippen LogP contribution in [0.1, 0.15) is 59.8 Å². The molecule has 1 aromatic carbocycles. The average molecular weight is 472 g/mol. The molecule has 0 aliphatic heterocycles. The molecule has 0 spiro atoms. The summed E-state index contributed by atoms with van der Waals surface area (Å²) in [6.07, 6.45) is 2.30. The Balaban J connectivity index is 1.37. The SMILES string of the molecule is CC(C)C(NC(=O)c1ccccc1)c1nnc(SCC(=O)Nc2nnc(C3CC3)s2)n1C. The van der Waals surface area contributed by atoms with E-state index in [1.807, 2.05) is 43.7 Å². The minimum atomic E-state index is -0.314. The van der Waals surface area contributed by atoms with Gasteiger partial charge in [0.1, 0.15) is 5.01 Å². The van der Waals surface area contributed by atoms with Gasteiger partial charge in [0, 0.05) is 18.5 Å². The lowest BCUT2D eigenvalue weighted by Gasteiger charge is -2.21. The van der Waals surface area contributed by atoms with Gasteiger partial charge in [0.25, 0.3) is 5.91 Å². The molecule has 32 heavy (non-hydrogen) atoms. The molecule has 0 saturated heterocycles. The van der Waals surface area contributed by atoms with Crippen molar-refractivity contribution in [1.29, 1.82) is 0 Å². The van der Waals surface area contributed by atoms with Gasteiger partial charge in [-0.15, -0.1) is 20.4 Å². The van der Waals surface area contributed by atoms with E-state index in [1.54, 1.807) is 12.1 Å². The highest BCUT2D eigenvalue weighted by molar-refractivity contribution is 7.99. The second kappa shape index (κ2) is 9.78. The van der Waals surface area contributed by atoms with Crippen LogP contribution in [0.4, 0.5) is 5.13 Å². The summed E-state index contributed by atoms with van der Waals surface area (Å²) in [4.78, 5) is 25.0. The van der Waals surface area contributed by atoms with Crippen LogP contribution in [-0.2, 0) is 11.8 Å². The Morgan fingerprint density at radius 2 is 1.91 bits per heavy atom. The summed E-state index contributed by atoms with van der Waals surface area (Å²) >= 11 is 2.72. The van der Waals surface area contributed by atoms with Crippen LogP contribution >= 0.6 is 23.1 Å². The van der Waals surface area contributed by atoms with Gasteiger partial charge in [0.2, 0.25) is 11.0 Å². The lowest BCUT2D eigenvalue weighted by molar-refractivity contribution is -0.113. The van der Waals surface area contributed by atoms with E-state index in [4.69, 9.17) is 0 Å². The largest absolute Gasteiger partial charge is 0.342 e. The zero-order valence-corrected chi connectivity index (χ0v) is 19.7. The lowest BCUT2D eigenvalue weighted by atomic mass is 10.0. The Labute approximate surface area is 194 Å². The third-order valence-electron chi connectivity index (χ3n) is 5.08. The molecular weight excluding hydrogens is 446 g/mol. The molecule has 11 heteroatoms. The first kappa shape index (κ1) is 22.4. The van der Waals surface area contributed by atoms with Crippen molar-refractivity contribution in [2.75, 3.05) is 11.1 Å².